The molecule has 0 aliphatic rings. The lowest BCUT2D eigenvalue weighted by Gasteiger charge is -2.02. The van der Waals surface area contributed by atoms with Gasteiger partial charge in [0.15, 0.2) is 0 Å². The lowest BCUT2D eigenvalue weighted by Crippen LogP contribution is -2.09. The van der Waals surface area contributed by atoms with Crippen molar-refractivity contribution in [1.29, 1.82) is 0 Å². The fourth-order valence-electron chi connectivity index (χ4n) is 0.976. The number of methoxy groups -OCH3 is 1. The van der Waals surface area contributed by atoms with Crippen LogP contribution in [0.25, 0.3) is 0 Å². The van der Waals surface area contributed by atoms with Gasteiger partial charge in [0.1, 0.15) is 5.75 Å². The molecule has 80 valence electrons. The Morgan fingerprint density at radius 3 is 2.40 bits per heavy atom. The SMILES string of the molecule is COc1ccc(C(=O)N=CN(C)C)cc1. The van der Waals surface area contributed by atoms with E-state index >= 15 is 0 Å². The molecule has 0 atom stereocenters. The van der Waals surface area contributed by atoms with E-state index in [0.717, 1.165) is 5.75 Å². The summed E-state index contributed by atoms with van der Waals surface area (Å²) >= 11 is 0. The normalized spacial score (nSPS) is 10.3. The molecule has 1 aromatic rings. The molecule has 0 N–H and O–H groups in total. The van der Waals surface area contributed by atoms with Crippen LogP contribution in [0.4, 0.5) is 0 Å². The van der Waals surface area contributed by atoms with Crippen LogP contribution in [0.15, 0.2) is 29.3 Å². The van der Waals surface area contributed by atoms with Gasteiger partial charge in [-0.1, -0.05) is 0 Å². The molecule has 0 aliphatic carbocycles. The molecule has 0 unspecified atom stereocenters. The number of nitrogens with zero attached hydrogens (tertiary/aromatic N) is 2. The molecule has 1 amide bonds. The van der Waals surface area contributed by atoms with E-state index in [4.69, 9.17) is 4.74 Å². The first-order valence-corrected chi connectivity index (χ1v) is 4.52. The van der Waals surface area contributed by atoms with Gasteiger partial charge in [-0.15, -0.1) is 0 Å². The topological polar surface area (TPSA) is 41.9 Å². The maximum atomic E-state index is 11.5. The Bertz CT molecular complexity index is 355. The van der Waals surface area contributed by atoms with Gasteiger partial charge in [-0.25, -0.2) is 0 Å². The standard InChI is InChI=1S/C11H14N2O2/c1-13(2)8-12-11(14)9-4-6-10(15-3)7-5-9/h4-8H,1-3H3. The third kappa shape index (κ3) is 3.42. The van der Waals surface area contributed by atoms with Crippen LogP contribution in [0.1, 0.15) is 10.4 Å². The van der Waals surface area contributed by atoms with Crippen LogP contribution in [-0.2, 0) is 0 Å². The molecular formula is C11H14N2O2. The van der Waals surface area contributed by atoms with Crippen LogP contribution < -0.4 is 4.74 Å². The highest BCUT2D eigenvalue weighted by Gasteiger charge is 2.02. The van der Waals surface area contributed by atoms with E-state index in [1.54, 1.807) is 36.3 Å². The monoisotopic (exact) mass is 206 g/mol. The van der Waals surface area contributed by atoms with Crippen LogP contribution in [0, 0.1) is 0 Å². The first-order valence-electron chi connectivity index (χ1n) is 4.52. The summed E-state index contributed by atoms with van der Waals surface area (Å²) in [6, 6.07) is 6.85. The Hall–Kier alpha value is -1.84. The maximum absolute atomic E-state index is 11.5. The molecule has 0 saturated carbocycles. The minimum Gasteiger partial charge on any atom is -0.497 e. The van der Waals surface area contributed by atoms with Crippen LogP contribution in [0.2, 0.25) is 0 Å². The summed E-state index contributed by atoms with van der Waals surface area (Å²) in [7, 11) is 5.20. The molecule has 0 radical (unpaired) electrons. The summed E-state index contributed by atoms with van der Waals surface area (Å²) in [6.07, 6.45) is 1.48. The summed E-state index contributed by atoms with van der Waals surface area (Å²) < 4.78 is 4.99. The van der Waals surface area contributed by atoms with Gasteiger partial charge in [0.25, 0.3) is 5.91 Å². The minimum atomic E-state index is -0.258. The average Bonchev–Trinajstić information content (AvgIpc) is 2.26. The fraction of sp³-hybridized carbons (Fsp3) is 0.273. The molecule has 4 heteroatoms. The minimum absolute atomic E-state index is 0.258. The van der Waals surface area contributed by atoms with Crippen LogP contribution >= 0.6 is 0 Å². The second-order valence-electron chi connectivity index (χ2n) is 3.24. The summed E-state index contributed by atoms with van der Waals surface area (Å²) in [5, 5.41) is 0. The van der Waals surface area contributed by atoms with E-state index in [9.17, 15) is 4.79 Å². The first kappa shape index (κ1) is 11.2. The quantitative estimate of drug-likeness (QED) is 0.555. The number of carbonyl (C=O) groups excluding carboxylic acids is 1. The molecule has 0 fully saturated rings. The molecule has 15 heavy (non-hydrogen) atoms. The smallest absolute Gasteiger partial charge is 0.278 e. The van der Waals surface area contributed by atoms with Crippen LogP contribution in [0.3, 0.4) is 0 Å². The summed E-state index contributed by atoms with van der Waals surface area (Å²) in [6.45, 7) is 0. The van der Waals surface area contributed by atoms with E-state index in [-0.39, 0.29) is 5.91 Å². The molecule has 0 aliphatic heterocycles. The van der Waals surface area contributed by atoms with E-state index < -0.39 is 0 Å². The van der Waals surface area contributed by atoms with Crippen molar-refractivity contribution in [2.75, 3.05) is 21.2 Å². The van der Waals surface area contributed by atoms with Gasteiger partial charge in [-0.2, -0.15) is 4.99 Å². The van der Waals surface area contributed by atoms with Crippen LogP contribution in [0.5, 0.6) is 5.75 Å². The van der Waals surface area contributed by atoms with Gasteiger partial charge in [0.05, 0.1) is 13.4 Å². The fourth-order valence-corrected chi connectivity index (χ4v) is 0.976. The Morgan fingerprint density at radius 2 is 1.93 bits per heavy atom. The van der Waals surface area contributed by atoms with Crippen molar-refractivity contribution in [3.05, 3.63) is 29.8 Å². The van der Waals surface area contributed by atoms with Gasteiger partial charge in [-0.05, 0) is 24.3 Å². The molecule has 4 nitrogen and oxygen atoms in total. The van der Waals surface area contributed by atoms with Gasteiger partial charge >= 0.3 is 0 Å². The second kappa shape index (κ2) is 5.14. The van der Waals surface area contributed by atoms with E-state index in [1.165, 1.54) is 6.34 Å². The highest BCUT2D eigenvalue weighted by Crippen LogP contribution is 2.11. The van der Waals surface area contributed by atoms with Crippen molar-refractivity contribution in [1.82, 2.24) is 4.90 Å². The number of amides is 1. The van der Waals surface area contributed by atoms with Crippen molar-refractivity contribution in [2.24, 2.45) is 4.99 Å². The maximum Gasteiger partial charge on any atom is 0.278 e. The third-order valence-electron chi connectivity index (χ3n) is 1.74. The molecular weight excluding hydrogens is 192 g/mol. The van der Waals surface area contributed by atoms with Crippen molar-refractivity contribution in [3.8, 4) is 5.75 Å². The summed E-state index contributed by atoms with van der Waals surface area (Å²) in [5.41, 5.74) is 0.550. The molecule has 1 aromatic carbocycles. The highest BCUT2D eigenvalue weighted by molar-refractivity contribution is 5.98. The third-order valence-corrected chi connectivity index (χ3v) is 1.74. The van der Waals surface area contributed by atoms with Crippen molar-refractivity contribution >= 4 is 12.2 Å². The Kier molecular flexibility index (Phi) is 3.85. The number of ether oxygens (including phenoxy) is 1. The van der Waals surface area contributed by atoms with E-state index in [1.807, 2.05) is 14.1 Å². The number of benzene rings is 1. The lowest BCUT2D eigenvalue weighted by atomic mass is 10.2. The highest BCUT2D eigenvalue weighted by atomic mass is 16.5. The van der Waals surface area contributed by atoms with Crippen LogP contribution in [-0.4, -0.2) is 38.4 Å². The largest absolute Gasteiger partial charge is 0.497 e. The number of carbonyl (C=O) groups is 1. The second-order valence-corrected chi connectivity index (χ2v) is 3.24. The summed E-state index contributed by atoms with van der Waals surface area (Å²) in [4.78, 5) is 17.0. The van der Waals surface area contributed by atoms with Crippen molar-refractivity contribution in [2.45, 2.75) is 0 Å². The number of hydrogen-bond donors (Lipinski definition) is 0. The van der Waals surface area contributed by atoms with Gasteiger partial charge < -0.3 is 9.64 Å². The van der Waals surface area contributed by atoms with Gasteiger partial charge in [-0.3, -0.25) is 4.79 Å². The van der Waals surface area contributed by atoms with Crippen molar-refractivity contribution < 1.29 is 9.53 Å². The predicted octanol–water partition coefficient (Wildman–Crippen LogP) is 1.43. The molecule has 0 bridgehead atoms. The Labute approximate surface area is 89.2 Å². The van der Waals surface area contributed by atoms with Gasteiger partial charge in [0.2, 0.25) is 0 Å². The Morgan fingerprint density at radius 1 is 1.33 bits per heavy atom. The predicted molar refractivity (Wildman–Crippen MR) is 59.5 cm³/mol. The van der Waals surface area contributed by atoms with Crippen molar-refractivity contribution in [3.63, 3.8) is 0 Å². The molecule has 0 spiro atoms. The molecule has 0 saturated heterocycles. The zero-order valence-corrected chi connectivity index (χ0v) is 9.10. The number of rotatable bonds is 3. The number of aliphatic imine (C=N–C) groups is 1. The molecule has 0 aromatic heterocycles. The van der Waals surface area contributed by atoms with E-state index in [2.05, 4.69) is 4.99 Å². The molecule has 0 heterocycles. The van der Waals surface area contributed by atoms with E-state index in [0.29, 0.717) is 5.56 Å². The lowest BCUT2D eigenvalue weighted by molar-refractivity contribution is 0.100. The summed E-state index contributed by atoms with van der Waals surface area (Å²) in [5.74, 6) is 0.467. The Balaban J connectivity index is 2.74. The zero-order valence-electron chi connectivity index (χ0n) is 9.10. The molecule has 1 rings (SSSR count). The number of hydrogen-bond acceptors (Lipinski definition) is 2. The van der Waals surface area contributed by atoms with Gasteiger partial charge in [0, 0.05) is 19.7 Å². The first-order chi connectivity index (χ1) is 7.13. The zero-order chi connectivity index (χ0) is 11.3. The average molecular weight is 206 g/mol.